The number of hydrogen-bond acceptors (Lipinski definition) is 3. The molecule has 0 unspecified atom stereocenters. The lowest BCUT2D eigenvalue weighted by molar-refractivity contribution is -0.145. The van der Waals surface area contributed by atoms with Crippen molar-refractivity contribution in [2.24, 2.45) is 0 Å². The molecular formula is C22H32N2O3. The van der Waals surface area contributed by atoms with Crippen molar-refractivity contribution in [1.82, 2.24) is 10.3 Å². The number of fused-ring (bicyclic) bond motifs is 1. The predicted octanol–water partition coefficient (Wildman–Crippen LogP) is 4.51. The van der Waals surface area contributed by atoms with Crippen LogP contribution in [0.25, 0.3) is 10.9 Å². The molecule has 0 aliphatic heterocycles. The summed E-state index contributed by atoms with van der Waals surface area (Å²) in [5.41, 5.74) is 2.02. The minimum Gasteiger partial charge on any atom is -0.467 e. The van der Waals surface area contributed by atoms with Crippen LogP contribution in [-0.2, 0) is 20.7 Å². The number of unbranched alkanes of at least 4 members (excludes halogenated alkanes) is 6. The SMILES string of the molecule is CCCCCCCCCC(=O)N[C@@H](Cc1c[nH]c2ccccc12)C(=O)OC. The molecule has 5 nitrogen and oxygen atoms in total. The van der Waals surface area contributed by atoms with E-state index in [1.54, 1.807) is 0 Å². The maximum atomic E-state index is 12.3. The summed E-state index contributed by atoms with van der Waals surface area (Å²) in [6.07, 6.45) is 10.9. The average molecular weight is 373 g/mol. The third-order valence-electron chi connectivity index (χ3n) is 4.93. The Hall–Kier alpha value is -2.30. The molecule has 2 aromatic rings. The second-order valence-corrected chi connectivity index (χ2v) is 7.08. The van der Waals surface area contributed by atoms with E-state index in [4.69, 9.17) is 4.74 Å². The highest BCUT2D eigenvalue weighted by Gasteiger charge is 2.23. The molecule has 0 aliphatic carbocycles. The van der Waals surface area contributed by atoms with Gasteiger partial charge in [0.1, 0.15) is 6.04 Å². The van der Waals surface area contributed by atoms with Crippen LogP contribution in [0.15, 0.2) is 30.5 Å². The first-order valence-electron chi connectivity index (χ1n) is 10.1. The molecule has 5 heteroatoms. The number of nitrogens with one attached hydrogen (secondary N) is 2. The molecule has 1 aromatic carbocycles. The molecule has 2 N–H and O–H groups in total. The minimum absolute atomic E-state index is 0.0844. The maximum Gasteiger partial charge on any atom is 0.328 e. The molecule has 27 heavy (non-hydrogen) atoms. The Morgan fingerprint density at radius 1 is 1.07 bits per heavy atom. The molecule has 1 heterocycles. The summed E-state index contributed by atoms with van der Waals surface area (Å²) < 4.78 is 4.89. The molecule has 0 saturated heterocycles. The quantitative estimate of drug-likeness (QED) is 0.425. The molecule has 0 saturated carbocycles. The lowest BCUT2D eigenvalue weighted by Crippen LogP contribution is -2.42. The number of esters is 1. The zero-order valence-corrected chi connectivity index (χ0v) is 16.6. The van der Waals surface area contributed by atoms with Crippen molar-refractivity contribution in [3.05, 3.63) is 36.0 Å². The Kier molecular flexibility index (Phi) is 8.89. The second kappa shape index (κ2) is 11.4. The van der Waals surface area contributed by atoms with Crippen LogP contribution in [0.5, 0.6) is 0 Å². The number of amides is 1. The number of aromatic nitrogens is 1. The molecule has 0 radical (unpaired) electrons. The first kappa shape index (κ1) is 21.0. The summed E-state index contributed by atoms with van der Waals surface area (Å²) in [7, 11) is 1.35. The van der Waals surface area contributed by atoms with Gasteiger partial charge in [-0.1, -0.05) is 63.6 Å². The molecule has 148 valence electrons. The number of aromatic amines is 1. The predicted molar refractivity (Wildman–Crippen MR) is 109 cm³/mol. The zero-order valence-electron chi connectivity index (χ0n) is 16.6. The number of methoxy groups -OCH3 is 1. The normalized spacial score (nSPS) is 12.1. The van der Waals surface area contributed by atoms with Crippen LogP contribution in [-0.4, -0.2) is 30.0 Å². The summed E-state index contributed by atoms with van der Waals surface area (Å²) in [5.74, 6) is -0.494. The van der Waals surface area contributed by atoms with Gasteiger partial charge >= 0.3 is 5.97 Å². The maximum absolute atomic E-state index is 12.3. The van der Waals surface area contributed by atoms with E-state index in [0.717, 1.165) is 29.3 Å². The fraction of sp³-hybridized carbons (Fsp3) is 0.545. The number of benzene rings is 1. The summed E-state index contributed by atoms with van der Waals surface area (Å²) in [4.78, 5) is 27.6. The first-order valence-corrected chi connectivity index (χ1v) is 10.1. The Morgan fingerprint density at radius 2 is 1.78 bits per heavy atom. The van der Waals surface area contributed by atoms with Crippen molar-refractivity contribution in [1.29, 1.82) is 0 Å². The van der Waals surface area contributed by atoms with E-state index < -0.39 is 12.0 Å². The van der Waals surface area contributed by atoms with Gasteiger partial charge < -0.3 is 15.0 Å². The highest BCUT2D eigenvalue weighted by molar-refractivity contribution is 5.87. The fourth-order valence-corrected chi connectivity index (χ4v) is 3.37. The van der Waals surface area contributed by atoms with E-state index in [1.807, 2.05) is 30.5 Å². The average Bonchev–Trinajstić information content (AvgIpc) is 3.09. The van der Waals surface area contributed by atoms with Crippen LogP contribution in [0, 0.1) is 0 Å². The number of H-pyrrole nitrogens is 1. The van der Waals surface area contributed by atoms with Gasteiger partial charge in [-0.2, -0.15) is 0 Å². The number of carbonyl (C=O) groups excluding carboxylic acids is 2. The van der Waals surface area contributed by atoms with Gasteiger partial charge in [0.05, 0.1) is 7.11 Å². The molecule has 1 amide bonds. The molecule has 0 aliphatic rings. The minimum atomic E-state index is -0.661. The van der Waals surface area contributed by atoms with Crippen LogP contribution in [0.1, 0.15) is 63.9 Å². The van der Waals surface area contributed by atoms with Gasteiger partial charge in [-0.3, -0.25) is 4.79 Å². The third kappa shape index (κ3) is 6.74. The standard InChI is InChI=1S/C22H32N2O3/c1-3-4-5-6-7-8-9-14-21(25)24-20(22(26)27-2)15-17-16-23-19-13-11-10-12-18(17)19/h10-13,16,20,23H,3-9,14-15H2,1-2H3,(H,24,25)/t20-/m0/s1. The Balaban J connectivity index is 1.83. The number of hydrogen-bond donors (Lipinski definition) is 2. The Morgan fingerprint density at radius 3 is 2.52 bits per heavy atom. The summed E-state index contributed by atoms with van der Waals surface area (Å²) >= 11 is 0. The fourth-order valence-electron chi connectivity index (χ4n) is 3.37. The highest BCUT2D eigenvalue weighted by Crippen LogP contribution is 2.19. The van der Waals surface area contributed by atoms with E-state index in [9.17, 15) is 9.59 Å². The van der Waals surface area contributed by atoms with Gasteiger partial charge in [0.15, 0.2) is 0 Å². The van der Waals surface area contributed by atoms with Crippen LogP contribution in [0.2, 0.25) is 0 Å². The van der Waals surface area contributed by atoms with Crippen molar-refractivity contribution in [2.45, 2.75) is 70.8 Å². The van der Waals surface area contributed by atoms with Gasteiger partial charge in [0, 0.05) is 29.9 Å². The van der Waals surface area contributed by atoms with E-state index in [0.29, 0.717) is 12.8 Å². The van der Waals surface area contributed by atoms with Gasteiger partial charge in [-0.25, -0.2) is 4.79 Å². The number of ether oxygens (including phenoxy) is 1. The van der Waals surface area contributed by atoms with E-state index in [-0.39, 0.29) is 5.91 Å². The molecule has 0 spiro atoms. The van der Waals surface area contributed by atoms with Crippen LogP contribution in [0.4, 0.5) is 0 Å². The van der Waals surface area contributed by atoms with Crippen molar-refractivity contribution in [3.8, 4) is 0 Å². The van der Waals surface area contributed by atoms with Crippen LogP contribution >= 0.6 is 0 Å². The smallest absolute Gasteiger partial charge is 0.328 e. The van der Waals surface area contributed by atoms with Crippen molar-refractivity contribution in [2.75, 3.05) is 7.11 Å². The van der Waals surface area contributed by atoms with Crippen molar-refractivity contribution < 1.29 is 14.3 Å². The number of carbonyl (C=O) groups is 2. The zero-order chi connectivity index (χ0) is 19.5. The summed E-state index contributed by atoms with van der Waals surface area (Å²) in [6, 6.07) is 7.27. The molecular weight excluding hydrogens is 340 g/mol. The van der Waals surface area contributed by atoms with Crippen LogP contribution < -0.4 is 5.32 Å². The molecule has 1 atom stereocenters. The topological polar surface area (TPSA) is 71.2 Å². The lowest BCUT2D eigenvalue weighted by Gasteiger charge is -2.16. The first-order chi connectivity index (χ1) is 13.2. The van der Waals surface area contributed by atoms with Crippen molar-refractivity contribution >= 4 is 22.8 Å². The highest BCUT2D eigenvalue weighted by atomic mass is 16.5. The largest absolute Gasteiger partial charge is 0.467 e. The lowest BCUT2D eigenvalue weighted by atomic mass is 10.0. The van der Waals surface area contributed by atoms with E-state index in [2.05, 4.69) is 17.2 Å². The van der Waals surface area contributed by atoms with E-state index in [1.165, 1.54) is 39.2 Å². The van der Waals surface area contributed by atoms with Gasteiger partial charge in [-0.05, 0) is 18.1 Å². The number of rotatable bonds is 12. The van der Waals surface area contributed by atoms with Gasteiger partial charge in [0.2, 0.25) is 5.91 Å². The second-order valence-electron chi connectivity index (χ2n) is 7.08. The monoisotopic (exact) mass is 372 g/mol. The Labute approximate surface area is 161 Å². The molecule has 2 rings (SSSR count). The summed E-state index contributed by atoms with van der Waals surface area (Å²) in [6.45, 7) is 2.21. The van der Waals surface area contributed by atoms with Crippen LogP contribution in [0.3, 0.4) is 0 Å². The summed E-state index contributed by atoms with van der Waals surface area (Å²) in [5, 5.41) is 3.92. The van der Waals surface area contributed by atoms with Crippen molar-refractivity contribution in [3.63, 3.8) is 0 Å². The Bertz CT molecular complexity index is 723. The molecule has 0 fully saturated rings. The molecule has 1 aromatic heterocycles. The molecule has 0 bridgehead atoms. The number of para-hydroxylation sites is 1. The van der Waals surface area contributed by atoms with E-state index >= 15 is 0 Å². The van der Waals surface area contributed by atoms with Gasteiger partial charge in [0.25, 0.3) is 0 Å². The third-order valence-corrected chi connectivity index (χ3v) is 4.93. The van der Waals surface area contributed by atoms with Gasteiger partial charge in [-0.15, -0.1) is 0 Å².